The Morgan fingerprint density at radius 1 is 1.56 bits per heavy atom. The quantitative estimate of drug-likeness (QED) is 0.193. The Morgan fingerprint density at radius 2 is 2.26 bits per heavy atom. The fourth-order valence-electron chi connectivity index (χ4n) is 2.62. The molecule has 11 nitrogen and oxygen atoms in total. The summed E-state index contributed by atoms with van der Waals surface area (Å²) in [5, 5.41) is 24.9. The number of amides is 2. The summed E-state index contributed by atoms with van der Waals surface area (Å²) >= 11 is 2.37. The number of carbonyl (C=O) groups is 3. The third kappa shape index (κ3) is 3.39. The van der Waals surface area contributed by atoms with Crippen molar-refractivity contribution in [1.29, 1.82) is 0 Å². The minimum Gasteiger partial charge on any atom is -0.477 e. The average Bonchev–Trinajstić information content (AvgIpc) is 3.04. The molecule has 2 aliphatic heterocycles. The van der Waals surface area contributed by atoms with E-state index in [9.17, 15) is 19.5 Å². The Bertz CT molecular complexity index is 885. The summed E-state index contributed by atoms with van der Waals surface area (Å²) in [5.41, 5.74) is 5.49. The lowest BCUT2D eigenvalue weighted by atomic mass is 10.0. The molecule has 8 N–H and O–H groups in total. The highest BCUT2D eigenvalue weighted by atomic mass is 32.2. The van der Waals surface area contributed by atoms with Gasteiger partial charge in [-0.2, -0.15) is 0 Å². The van der Waals surface area contributed by atoms with Crippen LogP contribution in [0, 0.1) is 0 Å². The maximum Gasteiger partial charge on any atom is 0.352 e. The predicted octanol–water partition coefficient (Wildman–Crippen LogP) is 0.103. The number of nitrogens with two attached hydrogens (primary N) is 1. The highest BCUT2D eigenvalue weighted by Gasteiger charge is 2.54. The number of carboxylic acid groups (broad SMARTS) is 1. The fourth-order valence-corrected chi connectivity index (χ4v) is 4.51. The Kier molecular flexibility index (Phi) is 5.88. The van der Waals surface area contributed by atoms with Gasteiger partial charge >= 0.3 is 5.97 Å². The molecular formula is C14H17N6O5S2. The molecule has 2 amide bonds. The number of β-lactam (4-membered cyclic amide) rings is 1. The van der Waals surface area contributed by atoms with E-state index < -0.39 is 29.2 Å². The lowest BCUT2D eigenvalue weighted by molar-refractivity contribution is -0.150. The molecule has 1 fully saturated rings. The largest absolute Gasteiger partial charge is 0.477 e. The summed E-state index contributed by atoms with van der Waals surface area (Å²) in [4.78, 5) is 41.2. The Labute approximate surface area is 162 Å². The van der Waals surface area contributed by atoms with Crippen LogP contribution in [-0.2, 0) is 14.4 Å². The fraction of sp³-hybridized carbons (Fsp3) is 0.214. The summed E-state index contributed by atoms with van der Waals surface area (Å²) in [6.07, 6.45) is 1.40. The van der Waals surface area contributed by atoms with Gasteiger partial charge in [-0.1, -0.05) is 17.8 Å². The lowest BCUT2D eigenvalue weighted by Crippen LogP contribution is -2.71. The van der Waals surface area contributed by atoms with Crippen molar-refractivity contribution in [1.82, 2.24) is 21.4 Å². The molecule has 2 atom stereocenters. The van der Waals surface area contributed by atoms with E-state index >= 15 is 0 Å². The average molecular weight is 413 g/mol. The highest BCUT2D eigenvalue weighted by Crippen LogP contribution is 2.40. The van der Waals surface area contributed by atoms with Gasteiger partial charge in [0.05, 0.1) is 0 Å². The molecule has 0 bridgehead atoms. The van der Waals surface area contributed by atoms with Crippen molar-refractivity contribution in [3.63, 3.8) is 0 Å². The Hall–Kier alpha value is -2.90. The molecular weight excluding hydrogens is 396 g/mol. The molecule has 27 heavy (non-hydrogen) atoms. The summed E-state index contributed by atoms with van der Waals surface area (Å²) < 4.78 is 0. The minimum absolute atomic E-state index is 0. The number of aliphatic carboxylic acids is 1. The molecule has 13 heteroatoms. The maximum atomic E-state index is 12.4. The maximum absolute atomic E-state index is 12.4. The van der Waals surface area contributed by atoms with E-state index in [4.69, 9.17) is 10.9 Å². The van der Waals surface area contributed by atoms with Crippen molar-refractivity contribution < 1.29 is 26.1 Å². The molecule has 1 radical (unpaired) electrons. The second kappa shape index (κ2) is 7.77. The second-order valence-electron chi connectivity index (χ2n) is 5.26. The number of aromatic nitrogens is 1. The van der Waals surface area contributed by atoms with E-state index in [2.05, 4.69) is 22.0 Å². The number of carbonyl (C=O) groups excluding carboxylic acids is 2. The molecule has 0 spiro atoms. The van der Waals surface area contributed by atoms with Crippen molar-refractivity contribution in [2.75, 3.05) is 11.5 Å². The third-order valence-corrected chi connectivity index (χ3v) is 5.79. The smallest absolute Gasteiger partial charge is 0.352 e. The number of thiazole rings is 1. The number of hydrogen-bond acceptors (Lipinski definition) is 10. The number of thioether (sulfide) groups is 1. The van der Waals surface area contributed by atoms with Crippen LogP contribution in [0.25, 0.3) is 0 Å². The van der Waals surface area contributed by atoms with Crippen molar-refractivity contribution in [3.05, 3.63) is 35.0 Å². The first-order valence-corrected chi connectivity index (χ1v) is 9.09. The zero-order valence-electron chi connectivity index (χ0n) is 14.8. The van der Waals surface area contributed by atoms with Gasteiger partial charge in [-0.3, -0.25) is 14.5 Å². The van der Waals surface area contributed by atoms with Gasteiger partial charge in [-0.15, -0.1) is 23.1 Å². The first kappa shape index (κ1) is 20.4. The minimum atomic E-state index is -1.24. The van der Waals surface area contributed by atoms with E-state index in [0.29, 0.717) is 11.3 Å². The number of allylic oxidation sites excluding steroid dienone is 1. The summed E-state index contributed by atoms with van der Waals surface area (Å²) in [5.74, 6) is -2.27. The standard InChI is InChI=1S/C14H13N5O5S2.H3N.H/c1-2-5-3-25-12-8(11(21)19(12)9(5)13(22)23)17-10(20)7(18-24)6-4-26-14(15)16-6;;/h2,4,8,12,24H,1,3H2,(H2,15,16)(H,17,20)(H,22,23);1H3;/t8-,12-;;/m1../s1. The molecule has 3 heterocycles. The summed E-state index contributed by atoms with van der Waals surface area (Å²) in [6, 6.07) is -0.944. The highest BCUT2D eigenvalue weighted by molar-refractivity contribution is 8.00. The number of nitrogens with one attached hydrogen (secondary N) is 1. The molecule has 0 aromatic carbocycles. The summed E-state index contributed by atoms with van der Waals surface area (Å²) in [6.45, 7) is 3.56. The van der Waals surface area contributed by atoms with Crippen molar-refractivity contribution in [3.8, 4) is 0 Å². The third-order valence-electron chi connectivity index (χ3n) is 3.81. The van der Waals surface area contributed by atoms with Crippen LogP contribution in [-0.4, -0.2) is 60.9 Å². The number of rotatable bonds is 5. The Morgan fingerprint density at radius 3 is 2.78 bits per heavy atom. The molecule has 1 saturated heterocycles. The van der Waals surface area contributed by atoms with Gasteiger partial charge < -0.3 is 27.5 Å². The Balaban J connectivity index is 0.00000196. The van der Waals surface area contributed by atoms with Gasteiger partial charge in [0, 0.05) is 12.6 Å². The van der Waals surface area contributed by atoms with Gasteiger partial charge in [0.1, 0.15) is 22.8 Å². The van der Waals surface area contributed by atoms with Gasteiger partial charge in [-0.25, -0.2) is 9.78 Å². The van der Waals surface area contributed by atoms with Gasteiger partial charge in [-0.05, 0) is 5.57 Å². The molecule has 1 aromatic heterocycles. The van der Waals surface area contributed by atoms with E-state index in [1.807, 2.05) is 0 Å². The zero-order chi connectivity index (χ0) is 19.0. The monoisotopic (exact) mass is 413 g/mol. The molecule has 145 valence electrons. The van der Waals surface area contributed by atoms with Crippen LogP contribution < -0.4 is 17.2 Å². The number of nitrogens with zero attached hydrogens (tertiary/aromatic N) is 3. The molecule has 2 aliphatic rings. The van der Waals surface area contributed by atoms with Gasteiger partial charge in [0.15, 0.2) is 10.8 Å². The van der Waals surface area contributed by atoms with Crippen LogP contribution in [0.1, 0.15) is 7.12 Å². The van der Waals surface area contributed by atoms with Gasteiger partial charge in [0.25, 0.3) is 11.8 Å². The van der Waals surface area contributed by atoms with Crippen LogP contribution in [0.15, 0.2) is 34.5 Å². The first-order chi connectivity index (χ1) is 12.4. The SMILES string of the molecule is C=CC1=C(C(=O)O)N2C(=O)[C@@H](NC(=O)C(=NO)c3csc(N)n3)[C@H]2SC1.N.[H]. The number of carboxylic acids is 1. The lowest BCUT2D eigenvalue weighted by Gasteiger charge is -2.49. The molecule has 3 rings (SSSR count). The number of nitrogen functional groups attached to an aromatic ring is 1. The van der Waals surface area contributed by atoms with Crippen molar-refractivity contribution >= 4 is 51.7 Å². The van der Waals surface area contributed by atoms with E-state index in [1.54, 1.807) is 0 Å². The molecule has 0 aliphatic carbocycles. The predicted molar refractivity (Wildman–Crippen MR) is 101 cm³/mol. The van der Waals surface area contributed by atoms with Crippen LogP contribution in [0.4, 0.5) is 5.13 Å². The van der Waals surface area contributed by atoms with Crippen LogP contribution in [0.3, 0.4) is 0 Å². The van der Waals surface area contributed by atoms with Crippen molar-refractivity contribution in [2.45, 2.75) is 11.4 Å². The zero-order valence-corrected chi connectivity index (χ0v) is 15.4. The van der Waals surface area contributed by atoms with E-state index in [-0.39, 0.29) is 29.8 Å². The van der Waals surface area contributed by atoms with Crippen LogP contribution >= 0.6 is 23.1 Å². The van der Waals surface area contributed by atoms with E-state index in [1.165, 1.54) is 23.2 Å². The summed E-state index contributed by atoms with van der Waals surface area (Å²) in [7, 11) is 0. The number of fused-ring (bicyclic) bond motifs is 1. The molecule has 0 unspecified atom stereocenters. The van der Waals surface area contributed by atoms with Crippen LogP contribution in [0.2, 0.25) is 0 Å². The van der Waals surface area contributed by atoms with E-state index in [0.717, 1.165) is 16.2 Å². The van der Waals surface area contributed by atoms with Gasteiger partial charge in [0.2, 0.25) is 0 Å². The number of oxime groups is 1. The normalized spacial score (nSPS) is 21.7. The topological polar surface area (TPSA) is 193 Å². The number of anilines is 1. The van der Waals surface area contributed by atoms with Crippen LogP contribution in [0.5, 0.6) is 0 Å². The first-order valence-electron chi connectivity index (χ1n) is 7.16. The second-order valence-corrected chi connectivity index (χ2v) is 7.26. The van der Waals surface area contributed by atoms with Crippen molar-refractivity contribution in [2.24, 2.45) is 5.16 Å². The molecule has 0 saturated carbocycles. The molecule has 1 aromatic rings. The number of hydrogen-bond donors (Lipinski definition) is 5.